The Hall–Kier alpha value is -0.570. The molecule has 0 aromatic carbocycles. The van der Waals surface area contributed by atoms with Crippen LogP contribution >= 0.6 is 0 Å². The van der Waals surface area contributed by atoms with Crippen molar-refractivity contribution in [2.24, 2.45) is 0 Å². The molecular formula is C8H18N2O. The molecule has 3 heteroatoms. The first-order valence-corrected chi connectivity index (χ1v) is 4.24. The van der Waals surface area contributed by atoms with E-state index in [1.54, 1.807) is 0 Å². The lowest BCUT2D eigenvalue weighted by molar-refractivity contribution is -0.121. The van der Waals surface area contributed by atoms with Crippen LogP contribution in [-0.2, 0) is 4.79 Å². The number of likely N-dealkylation sites (N-methyl/N-ethyl adjacent to an activating group) is 1. The quantitative estimate of drug-likeness (QED) is 0.555. The van der Waals surface area contributed by atoms with Crippen molar-refractivity contribution in [2.45, 2.75) is 20.3 Å². The van der Waals surface area contributed by atoms with Crippen molar-refractivity contribution in [1.82, 2.24) is 10.2 Å². The Balaban J connectivity index is 0.000000461. The average molecular weight is 158 g/mol. The van der Waals surface area contributed by atoms with Gasteiger partial charge in [0.1, 0.15) is 0 Å². The minimum Gasteiger partial charge on any atom is -0.355 e. The van der Waals surface area contributed by atoms with Crippen LogP contribution < -0.4 is 5.32 Å². The molecule has 1 heterocycles. The number of rotatable bonds is 0. The Kier molecular flexibility index (Phi) is 5.84. The van der Waals surface area contributed by atoms with Gasteiger partial charge in [-0.25, -0.2) is 0 Å². The fraction of sp³-hybridized carbons (Fsp3) is 0.875. The normalized spacial score (nSPS) is 19.4. The molecule has 1 N–H and O–H groups in total. The Morgan fingerprint density at radius 1 is 1.45 bits per heavy atom. The minimum atomic E-state index is 0.148. The number of amides is 1. The van der Waals surface area contributed by atoms with Crippen LogP contribution in [0.2, 0.25) is 0 Å². The topological polar surface area (TPSA) is 32.3 Å². The van der Waals surface area contributed by atoms with E-state index >= 15 is 0 Å². The lowest BCUT2D eigenvalue weighted by Crippen LogP contribution is -2.30. The molecule has 0 aliphatic carbocycles. The summed E-state index contributed by atoms with van der Waals surface area (Å²) >= 11 is 0. The van der Waals surface area contributed by atoms with Crippen molar-refractivity contribution in [3.05, 3.63) is 0 Å². The summed E-state index contributed by atoms with van der Waals surface area (Å²) in [6, 6.07) is 0. The lowest BCUT2D eigenvalue weighted by Gasteiger charge is -2.08. The monoisotopic (exact) mass is 158 g/mol. The second-order valence-electron chi connectivity index (χ2n) is 2.44. The fourth-order valence-corrected chi connectivity index (χ4v) is 0.957. The maximum absolute atomic E-state index is 10.7. The average Bonchev–Trinajstić information content (AvgIpc) is 2.18. The summed E-state index contributed by atoms with van der Waals surface area (Å²) in [7, 11) is 1.96. The minimum absolute atomic E-state index is 0.148. The van der Waals surface area contributed by atoms with Crippen molar-refractivity contribution < 1.29 is 4.79 Å². The summed E-state index contributed by atoms with van der Waals surface area (Å²) in [5, 5.41) is 2.79. The van der Waals surface area contributed by atoms with E-state index in [4.69, 9.17) is 0 Å². The molecule has 1 fully saturated rings. The smallest absolute Gasteiger partial charge is 0.234 e. The number of carbonyl (C=O) groups excluding carboxylic acids is 1. The first kappa shape index (κ1) is 10.4. The van der Waals surface area contributed by atoms with E-state index in [0.29, 0.717) is 6.54 Å². The van der Waals surface area contributed by atoms with Gasteiger partial charge in [0.05, 0.1) is 6.54 Å². The van der Waals surface area contributed by atoms with Gasteiger partial charge in [-0.3, -0.25) is 9.69 Å². The lowest BCUT2D eigenvalue weighted by atomic mass is 10.4. The molecule has 1 rings (SSSR count). The number of hydrogen-bond acceptors (Lipinski definition) is 2. The van der Waals surface area contributed by atoms with E-state index in [-0.39, 0.29) is 5.91 Å². The SMILES string of the molecule is CC.CN1CCCNC(=O)C1. The zero-order valence-electron chi connectivity index (χ0n) is 7.68. The summed E-state index contributed by atoms with van der Waals surface area (Å²) in [6.07, 6.45) is 1.07. The van der Waals surface area contributed by atoms with E-state index in [1.165, 1.54) is 0 Å². The highest BCUT2D eigenvalue weighted by Gasteiger charge is 2.08. The molecule has 1 saturated heterocycles. The molecule has 66 valence electrons. The van der Waals surface area contributed by atoms with Crippen LogP contribution in [0, 0.1) is 0 Å². The first-order valence-electron chi connectivity index (χ1n) is 4.24. The highest BCUT2D eigenvalue weighted by Crippen LogP contribution is 1.90. The molecule has 0 radical (unpaired) electrons. The van der Waals surface area contributed by atoms with Gasteiger partial charge in [-0.05, 0) is 13.5 Å². The molecule has 0 aromatic rings. The van der Waals surface area contributed by atoms with Crippen molar-refractivity contribution in [1.29, 1.82) is 0 Å². The Morgan fingerprint density at radius 2 is 2.09 bits per heavy atom. The third kappa shape index (κ3) is 4.79. The molecule has 1 aliphatic heterocycles. The number of nitrogens with zero attached hydrogens (tertiary/aromatic N) is 1. The number of hydrogen-bond donors (Lipinski definition) is 1. The van der Waals surface area contributed by atoms with E-state index in [9.17, 15) is 4.79 Å². The molecule has 0 unspecified atom stereocenters. The highest BCUT2D eigenvalue weighted by atomic mass is 16.2. The van der Waals surface area contributed by atoms with Gasteiger partial charge >= 0.3 is 0 Å². The van der Waals surface area contributed by atoms with Crippen LogP contribution in [0.15, 0.2) is 0 Å². The Labute approximate surface area is 68.8 Å². The molecule has 0 bridgehead atoms. The van der Waals surface area contributed by atoms with Crippen molar-refractivity contribution in [3.63, 3.8) is 0 Å². The van der Waals surface area contributed by atoms with Gasteiger partial charge in [0.15, 0.2) is 0 Å². The second-order valence-corrected chi connectivity index (χ2v) is 2.44. The summed E-state index contributed by atoms with van der Waals surface area (Å²) < 4.78 is 0. The van der Waals surface area contributed by atoms with Gasteiger partial charge in [0.2, 0.25) is 5.91 Å². The van der Waals surface area contributed by atoms with E-state index in [0.717, 1.165) is 19.5 Å². The van der Waals surface area contributed by atoms with Gasteiger partial charge in [0, 0.05) is 13.1 Å². The van der Waals surface area contributed by atoms with Gasteiger partial charge in [-0.1, -0.05) is 13.8 Å². The maximum atomic E-state index is 10.7. The molecule has 0 saturated carbocycles. The van der Waals surface area contributed by atoms with Crippen LogP contribution in [0.5, 0.6) is 0 Å². The molecule has 1 amide bonds. The van der Waals surface area contributed by atoms with Gasteiger partial charge in [0.25, 0.3) is 0 Å². The summed E-state index contributed by atoms with van der Waals surface area (Å²) in [5.74, 6) is 0.148. The van der Waals surface area contributed by atoms with E-state index in [1.807, 2.05) is 25.8 Å². The number of nitrogens with one attached hydrogen (secondary N) is 1. The predicted octanol–water partition coefficient (Wildman–Crippen LogP) is 0.464. The fourth-order valence-electron chi connectivity index (χ4n) is 0.957. The molecule has 3 nitrogen and oxygen atoms in total. The van der Waals surface area contributed by atoms with E-state index < -0.39 is 0 Å². The molecular weight excluding hydrogens is 140 g/mol. The standard InChI is InChI=1S/C6H12N2O.C2H6/c1-8-4-2-3-7-6(9)5-8;1-2/h2-5H2,1H3,(H,7,9);1-2H3. The highest BCUT2D eigenvalue weighted by molar-refractivity contribution is 5.78. The second kappa shape index (κ2) is 6.16. The largest absolute Gasteiger partial charge is 0.355 e. The van der Waals surface area contributed by atoms with Crippen LogP contribution in [-0.4, -0.2) is 37.5 Å². The van der Waals surface area contributed by atoms with Crippen LogP contribution in [0.25, 0.3) is 0 Å². The zero-order valence-corrected chi connectivity index (χ0v) is 7.68. The van der Waals surface area contributed by atoms with Crippen molar-refractivity contribution in [3.8, 4) is 0 Å². The number of carbonyl (C=O) groups is 1. The molecule has 0 spiro atoms. The third-order valence-corrected chi connectivity index (χ3v) is 1.45. The van der Waals surface area contributed by atoms with Gasteiger partial charge < -0.3 is 5.32 Å². The molecule has 0 atom stereocenters. The summed E-state index contributed by atoms with van der Waals surface area (Å²) in [6.45, 7) is 6.42. The van der Waals surface area contributed by atoms with Crippen LogP contribution in [0.3, 0.4) is 0 Å². The Morgan fingerprint density at radius 3 is 2.73 bits per heavy atom. The maximum Gasteiger partial charge on any atom is 0.234 e. The van der Waals surface area contributed by atoms with Crippen LogP contribution in [0.1, 0.15) is 20.3 Å². The van der Waals surface area contributed by atoms with E-state index in [2.05, 4.69) is 5.32 Å². The molecule has 11 heavy (non-hydrogen) atoms. The van der Waals surface area contributed by atoms with Crippen molar-refractivity contribution >= 4 is 5.91 Å². The van der Waals surface area contributed by atoms with Crippen LogP contribution in [0.4, 0.5) is 0 Å². The third-order valence-electron chi connectivity index (χ3n) is 1.45. The van der Waals surface area contributed by atoms with Gasteiger partial charge in [-0.2, -0.15) is 0 Å². The van der Waals surface area contributed by atoms with Gasteiger partial charge in [-0.15, -0.1) is 0 Å². The Bertz CT molecular complexity index is 115. The first-order chi connectivity index (χ1) is 5.29. The molecule has 1 aliphatic rings. The zero-order chi connectivity index (χ0) is 8.69. The molecule has 0 aromatic heterocycles. The summed E-state index contributed by atoms with van der Waals surface area (Å²) in [4.78, 5) is 12.8. The van der Waals surface area contributed by atoms with Crippen molar-refractivity contribution in [2.75, 3.05) is 26.7 Å². The summed E-state index contributed by atoms with van der Waals surface area (Å²) in [5.41, 5.74) is 0. The predicted molar refractivity (Wildman–Crippen MR) is 46.5 cm³/mol.